The van der Waals surface area contributed by atoms with E-state index in [1.54, 1.807) is 25.1 Å². The first kappa shape index (κ1) is 31.6. The normalized spacial score (nSPS) is 11.8. The van der Waals surface area contributed by atoms with Crippen LogP contribution < -0.4 is 4.74 Å². The van der Waals surface area contributed by atoms with Gasteiger partial charge in [0.2, 0.25) is 5.88 Å². The van der Waals surface area contributed by atoms with Crippen molar-refractivity contribution in [1.82, 2.24) is 14.5 Å². The zero-order valence-corrected chi connectivity index (χ0v) is 24.5. The van der Waals surface area contributed by atoms with Gasteiger partial charge in [-0.15, -0.1) is 0 Å². The van der Waals surface area contributed by atoms with Gasteiger partial charge in [0.15, 0.2) is 0 Å². The number of halogens is 5. The Morgan fingerprint density at radius 3 is 2.40 bits per heavy atom. The van der Waals surface area contributed by atoms with Crippen LogP contribution in [0.2, 0.25) is 0 Å². The monoisotopic (exact) mass is 625 g/mol. The molecule has 12 heteroatoms. The maximum atomic E-state index is 15.5. The van der Waals surface area contributed by atoms with Crippen molar-refractivity contribution >= 4 is 17.0 Å². The third-order valence-corrected chi connectivity index (χ3v) is 7.09. The molecule has 0 amide bonds. The second-order valence-corrected chi connectivity index (χ2v) is 11.1. The van der Waals surface area contributed by atoms with Gasteiger partial charge in [0.25, 0.3) is 0 Å². The van der Waals surface area contributed by atoms with Crippen LogP contribution in [-0.4, -0.2) is 37.8 Å². The maximum absolute atomic E-state index is 15.5. The topological polar surface area (TPSA) is 86.5 Å². The number of benzene rings is 3. The van der Waals surface area contributed by atoms with E-state index in [2.05, 4.69) is 9.97 Å². The predicted molar refractivity (Wildman–Crippen MR) is 156 cm³/mol. The Bertz CT molecular complexity index is 1890. The molecular formula is C33H28F5N3O4. The highest BCUT2D eigenvalue weighted by Crippen LogP contribution is 2.29. The van der Waals surface area contributed by atoms with E-state index in [9.17, 15) is 23.1 Å². The third-order valence-electron chi connectivity index (χ3n) is 7.09. The van der Waals surface area contributed by atoms with Crippen LogP contribution in [0.15, 0.2) is 66.7 Å². The fourth-order valence-corrected chi connectivity index (χ4v) is 4.93. The number of ether oxygens (including phenoxy) is 2. The summed E-state index contributed by atoms with van der Waals surface area (Å²) >= 11 is 0. The number of carbonyl (C=O) groups is 1. The molecule has 0 fully saturated rings. The zero-order valence-electron chi connectivity index (χ0n) is 24.5. The van der Waals surface area contributed by atoms with Crippen molar-refractivity contribution < 1.29 is 41.3 Å². The molecule has 0 saturated carbocycles. The van der Waals surface area contributed by atoms with Crippen molar-refractivity contribution in [2.75, 3.05) is 0 Å². The standard InChI is InChI=1S/C33H28F5N3O4/c1-18-7-8-20(23(34)11-18)16-44-30-6-4-5-26(40-30)22-15-24(35)21(12-25(22)36)14-29-39-27-10-9-19(31(42)43)13-28(27)41(29)17-33(2,3)45-32(37)38/h4-13,15,32H,14,16-17H2,1-3H3,(H,42,43). The number of nitrogens with zero attached hydrogens (tertiary/aromatic N) is 3. The van der Waals surface area contributed by atoms with Crippen molar-refractivity contribution in [1.29, 1.82) is 0 Å². The minimum atomic E-state index is -3.08. The number of aromatic nitrogens is 3. The van der Waals surface area contributed by atoms with Gasteiger partial charge in [0.1, 0.15) is 29.9 Å². The van der Waals surface area contributed by atoms with Gasteiger partial charge in [-0.3, -0.25) is 0 Å². The zero-order chi connectivity index (χ0) is 32.5. The minimum Gasteiger partial charge on any atom is -0.478 e. The van der Waals surface area contributed by atoms with E-state index in [0.717, 1.165) is 17.7 Å². The largest absolute Gasteiger partial charge is 0.478 e. The molecule has 0 saturated heterocycles. The van der Waals surface area contributed by atoms with Gasteiger partial charge in [-0.2, -0.15) is 8.78 Å². The molecule has 0 spiro atoms. The van der Waals surface area contributed by atoms with Crippen LogP contribution in [0.25, 0.3) is 22.3 Å². The first-order valence-corrected chi connectivity index (χ1v) is 13.8. The number of imidazole rings is 1. The molecule has 0 bridgehead atoms. The summed E-state index contributed by atoms with van der Waals surface area (Å²) in [5.41, 5.74) is 0.0801. The van der Waals surface area contributed by atoms with E-state index in [0.29, 0.717) is 16.6 Å². The fraction of sp³-hybridized carbons (Fsp3) is 0.242. The van der Waals surface area contributed by atoms with Crippen LogP contribution in [0.5, 0.6) is 5.88 Å². The van der Waals surface area contributed by atoms with Crippen molar-refractivity contribution in [2.45, 2.75) is 52.6 Å². The van der Waals surface area contributed by atoms with E-state index in [-0.39, 0.29) is 53.7 Å². The summed E-state index contributed by atoms with van der Waals surface area (Å²) in [5, 5.41) is 9.46. The molecule has 7 nitrogen and oxygen atoms in total. The van der Waals surface area contributed by atoms with Gasteiger partial charge < -0.3 is 19.1 Å². The summed E-state index contributed by atoms with van der Waals surface area (Å²) < 4.78 is 83.2. The summed E-state index contributed by atoms with van der Waals surface area (Å²) in [4.78, 5) is 20.3. The number of aryl methyl sites for hydroxylation is 1. The predicted octanol–water partition coefficient (Wildman–Crippen LogP) is 7.71. The molecule has 2 heterocycles. The molecule has 0 aliphatic carbocycles. The van der Waals surface area contributed by atoms with Gasteiger partial charge in [-0.25, -0.2) is 27.9 Å². The van der Waals surface area contributed by atoms with Crippen LogP contribution in [0.4, 0.5) is 22.0 Å². The van der Waals surface area contributed by atoms with Gasteiger partial charge in [0.05, 0.1) is 34.4 Å². The third kappa shape index (κ3) is 7.28. The lowest BCUT2D eigenvalue weighted by Gasteiger charge is -2.26. The smallest absolute Gasteiger partial charge is 0.345 e. The highest BCUT2D eigenvalue weighted by Gasteiger charge is 2.27. The molecule has 0 aliphatic heterocycles. The lowest BCUT2D eigenvalue weighted by Crippen LogP contribution is -2.33. The highest BCUT2D eigenvalue weighted by molar-refractivity contribution is 5.92. The Labute approximate surface area is 254 Å². The molecule has 1 N–H and O–H groups in total. The van der Waals surface area contributed by atoms with E-state index >= 15 is 8.78 Å². The highest BCUT2D eigenvalue weighted by atomic mass is 19.3. The molecule has 0 aliphatic rings. The number of rotatable bonds is 11. The number of carboxylic acids is 1. The number of hydrogen-bond acceptors (Lipinski definition) is 5. The molecule has 0 atom stereocenters. The average molecular weight is 626 g/mol. The average Bonchev–Trinajstić information content (AvgIpc) is 3.29. The van der Waals surface area contributed by atoms with E-state index in [1.807, 2.05) is 0 Å². The Kier molecular flexibility index (Phi) is 8.87. The summed E-state index contributed by atoms with van der Waals surface area (Å²) in [6.45, 7) is 1.23. The summed E-state index contributed by atoms with van der Waals surface area (Å²) in [5.74, 6) is -2.95. The summed E-state index contributed by atoms with van der Waals surface area (Å²) in [6.07, 6.45) is -0.246. The summed E-state index contributed by atoms with van der Waals surface area (Å²) in [7, 11) is 0. The lowest BCUT2D eigenvalue weighted by atomic mass is 10.0. The molecular weight excluding hydrogens is 597 g/mol. The molecule has 2 aromatic heterocycles. The van der Waals surface area contributed by atoms with Crippen LogP contribution in [-0.2, 0) is 24.3 Å². The quantitative estimate of drug-likeness (QED) is 0.151. The van der Waals surface area contributed by atoms with Crippen molar-refractivity contribution in [3.05, 3.63) is 112 Å². The van der Waals surface area contributed by atoms with Crippen molar-refractivity contribution in [3.8, 4) is 17.1 Å². The second kappa shape index (κ2) is 12.6. The molecule has 3 aromatic carbocycles. The Hall–Kier alpha value is -4.84. The number of fused-ring (bicyclic) bond motifs is 1. The van der Waals surface area contributed by atoms with E-state index in [4.69, 9.17) is 9.47 Å². The molecule has 234 valence electrons. The number of alkyl halides is 2. The number of pyridine rings is 1. The molecule has 5 aromatic rings. The fourth-order valence-electron chi connectivity index (χ4n) is 4.93. The van der Waals surface area contributed by atoms with E-state index < -0.39 is 35.6 Å². The van der Waals surface area contributed by atoms with Crippen molar-refractivity contribution in [2.24, 2.45) is 0 Å². The molecule has 0 radical (unpaired) electrons. The van der Waals surface area contributed by atoms with Crippen LogP contribution >= 0.6 is 0 Å². The first-order valence-electron chi connectivity index (χ1n) is 13.8. The number of aromatic carboxylic acids is 1. The first-order chi connectivity index (χ1) is 21.3. The minimum absolute atomic E-state index is 0.0629. The van der Waals surface area contributed by atoms with Gasteiger partial charge in [0, 0.05) is 23.6 Å². The molecule has 45 heavy (non-hydrogen) atoms. The Balaban J connectivity index is 1.45. The number of carboxylic acid groups (broad SMARTS) is 1. The van der Waals surface area contributed by atoms with Crippen LogP contribution in [0, 0.1) is 24.4 Å². The SMILES string of the molecule is Cc1ccc(COc2cccc(-c3cc(F)c(Cc4nc5ccc(C(=O)O)cc5n4CC(C)(C)OC(F)F)cc3F)n2)c(F)c1. The Morgan fingerprint density at radius 1 is 0.933 bits per heavy atom. The van der Waals surface area contributed by atoms with Crippen LogP contribution in [0.3, 0.4) is 0 Å². The second-order valence-electron chi connectivity index (χ2n) is 11.1. The summed E-state index contributed by atoms with van der Waals surface area (Å²) in [6, 6.07) is 15.3. The lowest BCUT2D eigenvalue weighted by molar-refractivity contribution is -0.200. The molecule has 0 unspecified atom stereocenters. The number of hydrogen-bond donors (Lipinski definition) is 1. The van der Waals surface area contributed by atoms with E-state index in [1.165, 1.54) is 54.8 Å². The molecule has 5 rings (SSSR count). The van der Waals surface area contributed by atoms with Crippen LogP contribution in [0.1, 0.15) is 46.7 Å². The maximum Gasteiger partial charge on any atom is 0.345 e. The Morgan fingerprint density at radius 2 is 1.69 bits per heavy atom. The van der Waals surface area contributed by atoms with Gasteiger partial charge in [-0.1, -0.05) is 18.2 Å². The van der Waals surface area contributed by atoms with Gasteiger partial charge >= 0.3 is 12.6 Å². The van der Waals surface area contributed by atoms with Gasteiger partial charge in [-0.05, 0) is 74.4 Å². The van der Waals surface area contributed by atoms with Crippen molar-refractivity contribution in [3.63, 3.8) is 0 Å².